The number of hydrogen-bond donors (Lipinski definition) is 4. The van der Waals surface area contributed by atoms with Gasteiger partial charge in [-0.25, -0.2) is 4.98 Å². The highest BCUT2D eigenvalue weighted by Crippen LogP contribution is 2.26. The van der Waals surface area contributed by atoms with Crippen molar-refractivity contribution in [3.8, 4) is 11.3 Å². The van der Waals surface area contributed by atoms with E-state index in [0.29, 0.717) is 34.9 Å². The number of anilines is 1. The van der Waals surface area contributed by atoms with Crippen molar-refractivity contribution in [1.82, 2.24) is 15.3 Å². The van der Waals surface area contributed by atoms with Crippen LogP contribution >= 0.6 is 0 Å². The molecule has 3 rings (SSSR count). The summed E-state index contributed by atoms with van der Waals surface area (Å²) >= 11 is 0. The fourth-order valence-electron chi connectivity index (χ4n) is 3.36. The van der Waals surface area contributed by atoms with Crippen LogP contribution in [0.3, 0.4) is 0 Å². The van der Waals surface area contributed by atoms with Gasteiger partial charge in [0.25, 0.3) is 11.8 Å². The van der Waals surface area contributed by atoms with E-state index in [9.17, 15) is 9.59 Å². The van der Waals surface area contributed by atoms with Gasteiger partial charge in [-0.3, -0.25) is 9.59 Å². The molecule has 0 bridgehead atoms. The van der Waals surface area contributed by atoms with Gasteiger partial charge < -0.3 is 21.4 Å². The molecule has 0 unspecified atom stereocenters. The molecule has 3 aromatic rings. The number of nitrogens with zero attached hydrogens (tertiary/aromatic N) is 1. The lowest BCUT2D eigenvalue weighted by Gasteiger charge is -2.08. The Hall–Kier alpha value is -4.09. The monoisotopic (exact) mass is 457 g/mol. The molecule has 5 N–H and O–H groups in total. The Kier molecular flexibility index (Phi) is 7.71. The molecule has 0 radical (unpaired) electrons. The molecule has 0 saturated carbocycles. The molecule has 2 heterocycles. The van der Waals surface area contributed by atoms with Crippen LogP contribution in [0, 0.1) is 5.92 Å². The summed E-state index contributed by atoms with van der Waals surface area (Å²) in [5.74, 6) is -0.118. The first-order chi connectivity index (χ1) is 16.2. The second-order valence-corrected chi connectivity index (χ2v) is 8.58. The Bertz CT molecular complexity index is 1320. The quantitative estimate of drug-likeness (QED) is 0.229. The summed E-state index contributed by atoms with van der Waals surface area (Å²) in [6, 6.07) is 11.2. The van der Waals surface area contributed by atoms with Gasteiger partial charge in [-0.1, -0.05) is 26.0 Å². The van der Waals surface area contributed by atoms with E-state index in [4.69, 9.17) is 5.73 Å². The fourth-order valence-corrected chi connectivity index (χ4v) is 3.36. The molecule has 2 amide bonds. The summed E-state index contributed by atoms with van der Waals surface area (Å²) in [6.07, 6.45) is 3.35. The van der Waals surface area contributed by atoms with E-state index >= 15 is 0 Å². The van der Waals surface area contributed by atoms with E-state index in [1.165, 1.54) is 0 Å². The number of allylic oxidation sites excluding steroid dienone is 2. The number of aromatic nitrogens is 2. The largest absolute Gasteiger partial charge is 0.394 e. The van der Waals surface area contributed by atoms with Crippen LogP contribution in [0.15, 0.2) is 71.2 Å². The molecule has 0 aliphatic heterocycles. The van der Waals surface area contributed by atoms with Gasteiger partial charge in [0.05, 0.1) is 11.9 Å². The first-order valence-corrected chi connectivity index (χ1v) is 11.2. The van der Waals surface area contributed by atoms with E-state index < -0.39 is 5.91 Å². The minimum Gasteiger partial charge on any atom is -0.394 e. The minimum atomic E-state index is -0.397. The highest BCUT2D eigenvalue weighted by molar-refractivity contribution is 6.04. The van der Waals surface area contributed by atoms with Crippen LogP contribution in [0.4, 0.5) is 5.69 Å². The number of amides is 2. The van der Waals surface area contributed by atoms with Gasteiger partial charge in [-0.05, 0) is 73.7 Å². The van der Waals surface area contributed by atoms with Gasteiger partial charge in [0.1, 0.15) is 11.3 Å². The number of benzene rings is 1. The van der Waals surface area contributed by atoms with E-state index in [1.54, 1.807) is 25.3 Å². The normalized spacial score (nSPS) is 11.6. The average Bonchev–Trinajstić information content (AvgIpc) is 3.25. The molecule has 0 fully saturated rings. The molecule has 0 aliphatic carbocycles. The van der Waals surface area contributed by atoms with Crippen molar-refractivity contribution in [3.63, 3.8) is 0 Å². The third kappa shape index (κ3) is 5.82. The van der Waals surface area contributed by atoms with Gasteiger partial charge in [-0.15, -0.1) is 5.73 Å². The summed E-state index contributed by atoms with van der Waals surface area (Å²) in [6.45, 7) is 10.2. The number of rotatable bonds is 7. The summed E-state index contributed by atoms with van der Waals surface area (Å²) in [5.41, 5.74) is 14.2. The zero-order valence-electron chi connectivity index (χ0n) is 20.2. The fraction of sp³-hybridized carbons (Fsp3) is 0.259. The predicted molar refractivity (Wildman–Crippen MR) is 137 cm³/mol. The molecule has 7 heteroatoms. The third-order valence-electron chi connectivity index (χ3n) is 5.41. The average molecular weight is 458 g/mol. The van der Waals surface area contributed by atoms with Crippen molar-refractivity contribution in [2.45, 2.75) is 34.6 Å². The molecule has 0 aliphatic rings. The lowest BCUT2D eigenvalue weighted by atomic mass is 10.1. The Morgan fingerprint density at radius 3 is 2.68 bits per heavy atom. The molecule has 1 aromatic carbocycles. The van der Waals surface area contributed by atoms with Crippen LogP contribution in [0.25, 0.3) is 22.3 Å². The van der Waals surface area contributed by atoms with Crippen molar-refractivity contribution >= 4 is 28.5 Å². The van der Waals surface area contributed by atoms with Crippen molar-refractivity contribution in [1.29, 1.82) is 0 Å². The van der Waals surface area contributed by atoms with Gasteiger partial charge in [0, 0.05) is 23.2 Å². The zero-order valence-corrected chi connectivity index (χ0v) is 20.2. The lowest BCUT2D eigenvalue weighted by molar-refractivity contribution is -0.113. The van der Waals surface area contributed by atoms with Gasteiger partial charge >= 0.3 is 0 Å². The lowest BCUT2D eigenvalue weighted by Crippen LogP contribution is -2.27. The highest BCUT2D eigenvalue weighted by Gasteiger charge is 2.13. The number of nitrogens with one attached hydrogen (secondary N) is 3. The molecule has 0 atom stereocenters. The highest BCUT2D eigenvalue weighted by atomic mass is 16.2. The second-order valence-electron chi connectivity index (χ2n) is 8.58. The first kappa shape index (κ1) is 24.6. The van der Waals surface area contributed by atoms with E-state index in [2.05, 4.69) is 40.2 Å². The van der Waals surface area contributed by atoms with Crippen molar-refractivity contribution in [3.05, 3.63) is 76.8 Å². The predicted octanol–water partition coefficient (Wildman–Crippen LogP) is 4.91. The number of nitrogens with two attached hydrogens (primary N) is 1. The molecule has 0 saturated heterocycles. The summed E-state index contributed by atoms with van der Waals surface area (Å²) in [5, 5.41) is 6.57. The molecule has 2 aromatic heterocycles. The molecule has 176 valence electrons. The molecule has 0 spiro atoms. The minimum absolute atomic E-state index is 0.102. The van der Waals surface area contributed by atoms with Crippen molar-refractivity contribution < 1.29 is 9.59 Å². The second kappa shape index (κ2) is 10.7. The zero-order chi connectivity index (χ0) is 24.8. The number of pyridine rings is 1. The van der Waals surface area contributed by atoms with E-state index in [-0.39, 0.29) is 11.6 Å². The SMILES string of the molecule is CC=C=C(C)/C(C)=C(\N)C(=O)Nc1cnc2[nH]c(-c3cccc(C(=O)NCC(C)C)c3)cc2c1. The van der Waals surface area contributed by atoms with E-state index in [0.717, 1.165) is 22.2 Å². The molecule has 7 nitrogen and oxygen atoms in total. The number of carbonyl (C=O) groups excluding carboxylic acids is 2. The molecule has 34 heavy (non-hydrogen) atoms. The Labute approximate surface area is 199 Å². The number of fused-ring (bicyclic) bond motifs is 1. The van der Waals surface area contributed by atoms with Crippen LogP contribution in [0.2, 0.25) is 0 Å². The summed E-state index contributed by atoms with van der Waals surface area (Å²) in [4.78, 5) is 32.7. The topological polar surface area (TPSA) is 113 Å². The Morgan fingerprint density at radius 1 is 1.21 bits per heavy atom. The number of carbonyl (C=O) groups is 2. The maximum atomic E-state index is 12.6. The van der Waals surface area contributed by atoms with Crippen LogP contribution in [-0.4, -0.2) is 28.3 Å². The van der Waals surface area contributed by atoms with Crippen LogP contribution in [-0.2, 0) is 4.79 Å². The summed E-state index contributed by atoms with van der Waals surface area (Å²) < 4.78 is 0. The number of hydrogen-bond acceptors (Lipinski definition) is 4. The molecular formula is C27H31N5O2. The molecular weight excluding hydrogens is 426 g/mol. The van der Waals surface area contributed by atoms with Crippen molar-refractivity contribution in [2.75, 3.05) is 11.9 Å². The van der Waals surface area contributed by atoms with Gasteiger partial charge in [-0.2, -0.15) is 0 Å². The van der Waals surface area contributed by atoms with Gasteiger partial charge in [0.2, 0.25) is 0 Å². The number of H-pyrrole nitrogens is 1. The van der Waals surface area contributed by atoms with Crippen LogP contribution < -0.4 is 16.4 Å². The smallest absolute Gasteiger partial charge is 0.271 e. The number of aromatic amines is 1. The van der Waals surface area contributed by atoms with Gasteiger partial charge in [0.15, 0.2) is 0 Å². The maximum Gasteiger partial charge on any atom is 0.271 e. The Balaban J connectivity index is 1.83. The standard InChI is InChI=1S/C27H31N5O2/c1-6-8-17(4)18(5)24(28)27(34)31-22-12-21-13-23(32-25(21)29-15-22)19-9-7-10-20(11-19)26(33)30-14-16(2)3/h6-7,9-13,15-16H,14,28H2,1-5H3,(H,29,32)(H,30,33)(H,31,34)/b24-18-. The van der Waals surface area contributed by atoms with Crippen LogP contribution in [0.5, 0.6) is 0 Å². The Morgan fingerprint density at radius 2 is 1.97 bits per heavy atom. The van der Waals surface area contributed by atoms with E-state index in [1.807, 2.05) is 44.2 Å². The van der Waals surface area contributed by atoms with Crippen molar-refractivity contribution in [2.24, 2.45) is 11.7 Å². The maximum absolute atomic E-state index is 12.6. The third-order valence-corrected chi connectivity index (χ3v) is 5.41. The first-order valence-electron chi connectivity index (χ1n) is 11.2. The van der Waals surface area contributed by atoms with Crippen LogP contribution in [0.1, 0.15) is 45.0 Å². The summed E-state index contributed by atoms with van der Waals surface area (Å²) in [7, 11) is 0.